The number of nitrogens with one attached hydrogen (secondary N) is 1. The Bertz CT molecular complexity index is 997. The maximum absolute atomic E-state index is 12.9. The molecule has 1 saturated carbocycles. The van der Waals surface area contributed by atoms with E-state index in [-0.39, 0.29) is 17.3 Å². The standard InChI is InChI=1S/C17H14F6N4O4/c18-16(19,20)8-31-12-4-10(3-11(5-12)27(29)30)24-15(28)7-26-13(9-1-2-9)6-14(25-26)17(21,22)23/h3-6,9H,1-2,7-8H2,(H,24,28). The average Bonchev–Trinajstić information content (AvgIpc) is 3.38. The molecule has 1 N–H and O–H groups in total. The van der Waals surface area contributed by atoms with Gasteiger partial charge in [0.05, 0.1) is 16.7 Å². The van der Waals surface area contributed by atoms with Crippen molar-refractivity contribution in [3.8, 4) is 5.75 Å². The molecule has 1 amide bonds. The maximum Gasteiger partial charge on any atom is 0.435 e. The Kier molecular flexibility index (Phi) is 5.83. The predicted octanol–water partition coefficient (Wildman–Crippen LogP) is 4.27. The Labute approximate surface area is 169 Å². The number of benzene rings is 1. The highest BCUT2D eigenvalue weighted by Crippen LogP contribution is 2.42. The van der Waals surface area contributed by atoms with Gasteiger partial charge in [-0.2, -0.15) is 31.4 Å². The van der Waals surface area contributed by atoms with E-state index in [0.29, 0.717) is 12.8 Å². The van der Waals surface area contributed by atoms with E-state index in [0.717, 1.165) is 28.9 Å². The van der Waals surface area contributed by atoms with Crippen molar-refractivity contribution in [3.63, 3.8) is 0 Å². The highest BCUT2D eigenvalue weighted by molar-refractivity contribution is 5.91. The van der Waals surface area contributed by atoms with Crippen LogP contribution in [0.5, 0.6) is 5.75 Å². The van der Waals surface area contributed by atoms with E-state index in [1.54, 1.807) is 0 Å². The summed E-state index contributed by atoms with van der Waals surface area (Å²) < 4.78 is 81.2. The van der Waals surface area contributed by atoms with Crippen LogP contribution in [0.25, 0.3) is 0 Å². The number of halogens is 6. The fourth-order valence-electron chi connectivity index (χ4n) is 2.75. The van der Waals surface area contributed by atoms with Gasteiger partial charge in [-0.3, -0.25) is 19.6 Å². The van der Waals surface area contributed by atoms with Gasteiger partial charge in [0, 0.05) is 23.7 Å². The average molecular weight is 452 g/mol. The van der Waals surface area contributed by atoms with Crippen LogP contribution in [-0.4, -0.2) is 33.4 Å². The number of anilines is 1. The van der Waals surface area contributed by atoms with Crippen LogP contribution in [-0.2, 0) is 17.5 Å². The van der Waals surface area contributed by atoms with Gasteiger partial charge < -0.3 is 10.1 Å². The summed E-state index contributed by atoms with van der Waals surface area (Å²) in [4.78, 5) is 22.4. The second kappa shape index (κ2) is 8.07. The fourth-order valence-corrected chi connectivity index (χ4v) is 2.75. The second-order valence-electron chi connectivity index (χ2n) is 6.81. The number of carbonyl (C=O) groups excluding carboxylic acids is 1. The molecule has 168 valence electrons. The molecule has 0 radical (unpaired) electrons. The van der Waals surface area contributed by atoms with Crippen LogP contribution in [0.2, 0.25) is 0 Å². The number of rotatable bonds is 7. The molecule has 0 spiro atoms. The third-order valence-electron chi connectivity index (χ3n) is 4.18. The molecule has 0 aliphatic heterocycles. The van der Waals surface area contributed by atoms with Gasteiger partial charge in [-0.15, -0.1) is 0 Å². The topological polar surface area (TPSA) is 99.3 Å². The molecule has 1 fully saturated rings. The first-order chi connectivity index (χ1) is 14.3. The second-order valence-corrected chi connectivity index (χ2v) is 6.81. The Morgan fingerprint density at radius 2 is 1.87 bits per heavy atom. The third-order valence-corrected chi connectivity index (χ3v) is 4.18. The number of nitrogens with zero attached hydrogens (tertiary/aromatic N) is 3. The van der Waals surface area contributed by atoms with Crippen molar-refractivity contribution in [1.82, 2.24) is 9.78 Å². The highest BCUT2D eigenvalue weighted by atomic mass is 19.4. The molecule has 2 aromatic rings. The van der Waals surface area contributed by atoms with Crippen molar-refractivity contribution in [2.24, 2.45) is 0 Å². The summed E-state index contributed by atoms with van der Waals surface area (Å²) in [5, 5.41) is 16.6. The number of non-ortho nitro benzene ring substituents is 1. The first kappa shape index (κ1) is 22.4. The molecular weight excluding hydrogens is 438 g/mol. The number of amides is 1. The molecule has 1 aromatic carbocycles. The van der Waals surface area contributed by atoms with E-state index in [4.69, 9.17) is 0 Å². The van der Waals surface area contributed by atoms with E-state index >= 15 is 0 Å². The molecule has 14 heteroatoms. The zero-order valence-electron chi connectivity index (χ0n) is 15.5. The lowest BCUT2D eigenvalue weighted by Crippen LogP contribution is -2.22. The third kappa shape index (κ3) is 6.08. The zero-order valence-corrected chi connectivity index (χ0v) is 15.5. The molecular formula is C17H14F6N4O4. The lowest BCUT2D eigenvalue weighted by Gasteiger charge is -2.12. The number of nitro benzene ring substituents is 1. The minimum absolute atomic E-state index is 0.156. The molecule has 0 unspecified atom stereocenters. The number of alkyl halides is 6. The van der Waals surface area contributed by atoms with Gasteiger partial charge in [0.25, 0.3) is 5.69 Å². The van der Waals surface area contributed by atoms with Crippen LogP contribution < -0.4 is 10.1 Å². The molecule has 1 heterocycles. The maximum atomic E-state index is 12.9. The van der Waals surface area contributed by atoms with Crippen molar-refractivity contribution in [2.45, 2.75) is 37.7 Å². The molecule has 0 saturated heterocycles. The smallest absolute Gasteiger partial charge is 0.435 e. The number of hydrogen-bond donors (Lipinski definition) is 1. The predicted molar refractivity (Wildman–Crippen MR) is 92.5 cm³/mol. The largest absolute Gasteiger partial charge is 0.484 e. The van der Waals surface area contributed by atoms with Crippen molar-refractivity contribution in [1.29, 1.82) is 0 Å². The van der Waals surface area contributed by atoms with E-state index in [2.05, 4.69) is 15.2 Å². The Morgan fingerprint density at radius 3 is 2.42 bits per heavy atom. The van der Waals surface area contributed by atoms with Crippen LogP contribution in [0, 0.1) is 10.1 Å². The van der Waals surface area contributed by atoms with Crippen molar-refractivity contribution in [2.75, 3.05) is 11.9 Å². The van der Waals surface area contributed by atoms with Gasteiger partial charge in [0.1, 0.15) is 12.3 Å². The van der Waals surface area contributed by atoms with E-state index in [1.807, 2.05) is 0 Å². The van der Waals surface area contributed by atoms with Crippen LogP contribution in [0.3, 0.4) is 0 Å². The van der Waals surface area contributed by atoms with Crippen molar-refractivity contribution < 1.29 is 40.8 Å². The summed E-state index contributed by atoms with van der Waals surface area (Å²) >= 11 is 0. The summed E-state index contributed by atoms with van der Waals surface area (Å²) in [7, 11) is 0. The molecule has 1 aliphatic rings. The van der Waals surface area contributed by atoms with Gasteiger partial charge in [0.2, 0.25) is 5.91 Å². The monoisotopic (exact) mass is 452 g/mol. The Morgan fingerprint density at radius 1 is 1.19 bits per heavy atom. The highest BCUT2D eigenvalue weighted by Gasteiger charge is 2.38. The molecule has 1 aliphatic carbocycles. The quantitative estimate of drug-likeness (QED) is 0.384. The molecule has 0 bridgehead atoms. The van der Waals surface area contributed by atoms with Gasteiger partial charge in [-0.25, -0.2) is 0 Å². The van der Waals surface area contributed by atoms with Crippen molar-refractivity contribution >= 4 is 17.3 Å². The Hall–Kier alpha value is -3.32. The lowest BCUT2D eigenvalue weighted by atomic mass is 10.2. The molecule has 0 atom stereocenters. The minimum atomic E-state index is -4.70. The van der Waals surface area contributed by atoms with Gasteiger partial charge in [0.15, 0.2) is 12.3 Å². The first-order valence-corrected chi connectivity index (χ1v) is 8.75. The number of nitro groups is 1. The summed E-state index contributed by atoms with van der Waals surface area (Å²) in [6, 6.07) is 3.42. The van der Waals surface area contributed by atoms with Gasteiger partial charge in [-0.05, 0) is 18.9 Å². The summed E-state index contributed by atoms with van der Waals surface area (Å²) in [5.74, 6) is -1.54. The zero-order chi connectivity index (χ0) is 23.0. The Balaban J connectivity index is 1.78. The van der Waals surface area contributed by atoms with Crippen LogP contribution in [0.15, 0.2) is 24.3 Å². The minimum Gasteiger partial charge on any atom is -0.484 e. The number of ether oxygens (including phenoxy) is 1. The SMILES string of the molecule is O=C(Cn1nc(C(F)(F)F)cc1C1CC1)Nc1cc(OCC(F)(F)F)cc([N+](=O)[O-])c1. The summed E-state index contributed by atoms with van der Waals surface area (Å²) in [5.41, 5.74) is -1.82. The number of carbonyl (C=O) groups is 1. The summed E-state index contributed by atoms with van der Waals surface area (Å²) in [6.07, 6.45) is -8.09. The first-order valence-electron chi connectivity index (χ1n) is 8.75. The van der Waals surface area contributed by atoms with Gasteiger partial charge in [-0.1, -0.05) is 0 Å². The number of hydrogen-bond acceptors (Lipinski definition) is 5. The molecule has 8 nitrogen and oxygen atoms in total. The normalized spacial score (nSPS) is 14.4. The lowest BCUT2D eigenvalue weighted by molar-refractivity contribution is -0.384. The molecule has 1 aromatic heterocycles. The van der Waals surface area contributed by atoms with Crippen LogP contribution in [0.4, 0.5) is 37.7 Å². The summed E-state index contributed by atoms with van der Waals surface area (Å²) in [6.45, 7) is -2.33. The fraction of sp³-hybridized carbons (Fsp3) is 0.412. The van der Waals surface area contributed by atoms with Crippen LogP contribution >= 0.6 is 0 Å². The van der Waals surface area contributed by atoms with Crippen LogP contribution in [0.1, 0.15) is 30.1 Å². The number of aromatic nitrogens is 2. The van der Waals surface area contributed by atoms with Crippen molar-refractivity contribution in [3.05, 3.63) is 45.8 Å². The van der Waals surface area contributed by atoms with Gasteiger partial charge >= 0.3 is 12.4 Å². The van der Waals surface area contributed by atoms with E-state index < -0.39 is 53.5 Å². The molecule has 31 heavy (non-hydrogen) atoms. The van der Waals surface area contributed by atoms with E-state index in [9.17, 15) is 41.3 Å². The van der Waals surface area contributed by atoms with E-state index in [1.165, 1.54) is 0 Å². The molecule has 3 rings (SSSR count).